The molecule has 20 heavy (non-hydrogen) atoms. The van der Waals surface area contributed by atoms with E-state index in [2.05, 4.69) is 17.2 Å². The number of nitrogens with one attached hydrogen (secondary N) is 1. The van der Waals surface area contributed by atoms with Crippen LogP contribution in [0.1, 0.15) is 12.0 Å². The zero-order valence-electron chi connectivity index (χ0n) is 10.8. The summed E-state index contributed by atoms with van der Waals surface area (Å²) in [5, 5.41) is 11.6. The average molecular weight is 316 g/mol. The van der Waals surface area contributed by atoms with Gasteiger partial charge in [0.25, 0.3) is 0 Å². The summed E-state index contributed by atoms with van der Waals surface area (Å²) in [6.45, 7) is -0.0661. The molecule has 0 aliphatic rings. The van der Waals surface area contributed by atoms with Gasteiger partial charge in [0.2, 0.25) is 5.91 Å². The van der Waals surface area contributed by atoms with Gasteiger partial charge in [0, 0.05) is 23.3 Å². The van der Waals surface area contributed by atoms with Gasteiger partial charge >= 0.3 is 0 Å². The number of amides is 1. The Labute approximate surface area is 122 Å². The number of carbonyl (C=O) groups excluding carboxylic acids is 1. The van der Waals surface area contributed by atoms with Gasteiger partial charge in [0.15, 0.2) is 9.84 Å². The van der Waals surface area contributed by atoms with E-state index in [0.717, 1.165) is 6.26 Å². The first-order valence-electron chi connectivity index (χ1n) is 5.68. The van der Waals surface area contributed by atoms with Crippen molar-refractivity contribution in [1.82, 2.24) is 0 Å². The smallest absolute Gasteiger partial charge is 0.239 e. The lowest BCUT2D eigenvalue weighted by molar-refractivity contribution is -0.113. The first-order chi connectivity index (χ1) is 9.31. The zero-order chi connectivity index (χ0) is 15.2. The molecule has 2 N–H and O–H groups in total. The second kappa shape index (κ2) is 7.29. The molecule has 0 aliphatic carbocycles. The second-order valence-corrected chi connectivity index (χ2v) is 6.66. The van der Waals surface area contributed by atoms with Gasteiger partial charge in [-0.2, -0.15) is 0 Å². The topological polar surface area (TPSA) is 83.5 Å². The number of rotatable bonds is 4. The van der Waals surface area contributed by atoms with Crippen molar-refractivity contribution in [2.45, 2.75) is 6.42 Å². The molecule has 0 spiro atoms. The quantitative estimate of drug-likeness (QED) is 0.814. The Morgan fingerprint density at radius 1 is 1.45 bits per heavy atom. The fourth-order valence-electron chi connectivity index (χ4n) is 1.37. The molecule has 0 bridgehead atoms. The van der Waals surface area contributed by atoms with E-state index >= 15 is 0 Å². The molecule has 0 saturated heterocycles. The van der Waals surface area contributed by atoms with Crippen molar-refractivity contribution in [3.63, 3.8) is 0 Å². The molecule has 0 heterocycles. The summed E-state index contributed by atoms with van der Waals surface area (Å²) < 4.78 is 22.1. The minimum Gasteiger partial charge on any atom is -0.395 e. The third-order valence-electron chi connectivity index (χ3n) is 2.11. The number of hydrogen-bond donors (Lipinski definition) is 2. The molecule has 0 aliphatic heterocycles. The maximum absolute atomic E-state index is 11.6. The number of carbonyl (C=O) groups is 1. The summed E-state index contributed by atoms with van der Waals surface area (Å²) in [6, 6.07) is 4.67. The van der Waals surface area contributed by atoms with Gasteiger partial charge in [0.05, 0.1) is 12.3 Å². The number of hydrogen-bond acceptors (Lipinski definition) is 4. The summed E-state index contributed by atoms with van der Waals surface area (Å²) in [4.78, 5) is 11.6. The van der Waals surface area contributed by atoms with Crippen molar-refractivity contribution < 1.29 is 18.3 Å². The predicted octanol–water partition coefficient (Wildman–Crippen LogP) is 1.06. The van der Waals surface area contributed by atoms with Crippen LogP contribution in [-0.4, -0.2) is 38.0 Å². The van der Waals surface area contributed by atoms with Crippen LogP contribution in [-0.2, 0) is 14.6 Å². The Bertz CT molecular complexity index is 659. The van der Waals surface area contributed by atoms with Crippen molar-refractivity contribution in [1.29, 1.82) is 0 Å². The monoisotopic (exact) mass is 315 g/mol. The van der Waals surface area contributed by atoms with E-state index in [1.807, 2.05) is 0 Å². The van der Waals surface area contributed by atoms with Gasteiger partial charge in [0.1, 0.15) is 5.75 Å². The molecule has 0 fully saturated rings. The third kappa shape index (κ3) is 6.06. The summed E-state index contributed by atoms with van der Waals surface area (Å²) >= 11 is 5.85. The molecular formula is C13H14ClNO4S. The van der Waals surface area contributed by atoms with E-state index in [1.54, 1.807) is 18.2 Å². The summed E-state index contributed by atoms with van der Waals surface area (Å²) in [5.41, 5.74) is 0.848. The van der Waals surface area contributed by atoms with Gasteiger partial charge in [-0.1, -0.05) is 23.4 Å². The van der Waals surface area contributed by atoms with Crippen LogP contribution in [0.4, 0.5) is 5.69 Å². The largest absolute Gasteiger partial charge is 0.395 e. The van der Waals surface area contributed by atoms with Crippen molar-refractivity contribution in [3.05, 3.63) is 28.8 Å². The van der Waals surface area contributed by atoms with E-state index in [0.29, 0.717) is 22.7 Å². The average Bonchev–Trinajstić information content (AvgIpc) is 2.30. The highest BCUT2D eigenvalue weighted by Crippen LogP contribution is 2.20. The number of halogens is 1. The Kier molecular flexibility index (Phi) is 6.02. The van der Waals surface area contributed by atoms with Gasteiger partial charge in [-0.15, -0.1) is 0 Å². The van der Waals surface area contributed by atoms with Crippen LogP contribution in [0.25, 0.3) is 0 Å². The number of aliphatic hydroxyl groups excluding tert-OH is 1. The van der Waals surface area contributed by atoms with Crippen LogP contribution in [0, 0.1) is 11.8 Å². The molecule has 1 aromatic carbocycles. The fourth-order valence-corrected chi connectivity index (χ4v) is 2.09. The molecule has 1 rings (SSSR count). The molecule has 5 nitrogen and oxygen atoms in total. The standard InChI is InChI=1S/C13H14ClNO4S/c1-20(18,19)9-13(17)15-12-6-5-11(14)8-10(12)4-2-3-7-16/h5-6,8,16H,3,7,9H2,1H3,(H,15,17). The van der Waals surface area contributed by atoms with Crippen molar-refractivity contribution >= 4 is 33.0 Å². The van der Waals surface area contributed by atoms with Crippen LogP contribution >= 0.6 is 11.6 Å². The highest BCUT2D eigenvalue weighted by Gasteiger charge is 2.12. The molecule has 0 atom stereocenters. The van der Waals surface area contributed by atoms with Crippen molar-refractivity contribution in [2.75, 3.05) is 23.9 Å². The van der Waals surface area contributed by atoms with Crippen LogP contribution in [0.15, 0.2) is 18.2 Å². The Balaban J connectivity index is 2.95. The van der Waals surface area contributed by atoms with Gasteiger partial charge in [-0.05, 0) is 18.2 Å². The predicted molar refractivity (Wildman–Crippen MR) is 78.4 cm³/mol. The van der Waals surface area contributed by atoms with E-state index in [-0.39, 0.29) is 6.61 Å². The SMILES string of the molecule is CS(=O)(=O)CC(=O)Nc1ccc(Cl)cc1C#CCCO. The highest BCUT2D eigenvalue weighted by molar-refractivity contribution is 7.91. The number of benzene rings is 1. The number of sulfone groups is 1. The van der Waals surface area contributed by atoms with Gasteiger partial charge in [-0.3, -0.25) is 4.79 Å². The van der Waals surface area contributed by atoms with E-state index in [9.17, 15) is 13.2 Å². The van der Waals surface area contributed by atoms with Crippen molar-refractivity contribution in [3.8, 4) is 11.8 Å². The molecule has 1 amide bonds. The minimum absolute atomic E-state index is 0.0661. The first-order valence-corrected chi connectivity index (χ1v) is 8.12. The lowest BCUT2D eigenvalue weighted by Gasteiger charge is -2.07. The molecule has 7 heteroatoms. The molecular weight excluding hydrogens is 302 g/mol. The van der Waals surface area contributed by atoms with Gasteiger partial charge in [-0.25, -0.2) is 8.42 Å². The minimum atomic E-state index is -3.39. The van der Waals surface area contributed by atoms with Crippen molar-refractivity contribution in [2.24, 2.45) is 0 Å². The zero-order valence-corrected chi connectivity index (χ0v) is 12.4. The molecule has 0 unspecified atom stereocenters. The Hall–Kier alpha value is -1.55. The maximum Gasteiger partial charge on any atom is 0.239 e. The summed E-state index contributed by atoms with van der Waals surface area (Å²) in [6.07, 6.45) is 1.28. The summed E-state index contributed by atoms with van der Waals surface area (Å²) in [7, 11) is -3.39. The Morgan fingerprint density at radius 2 is 2.15 bits per heavy atom. The molecule has 1 aromatic rings. The normalized spacial score (nSPS) is 10.6. The molecule has 0 saturated carbocycles. The van der Waals surface area contributed by atoms with Gasteiger partial charge < -0.3 is 10.4 Å². The third-order valence-corrected chi connectivity index (χ3v) is 3.13. The Morgan fingerprint density at radius 3 is 2.75 bits per heavy atom. The molecule has 108 valence electrons. The number of anilines is 1. The fraction of sp³-hybridized carbons (Fsp3) is 0.308. The van der Waals surface area contributed by atoms with E-state index in [4.69, 9.17) is 16.7 Å². The number of aliphatic hydroxyl groups is 1. The lowest BCUT2D eigenvalue weighted by atomic mass is 10.1. The van der Waals surface area contributed by atoms with Crippen LogP contribution in [0.3, 0.4) is 0 Å². The lowest BCUT2D eigenvalue weighted by Crippen LogP contribution is -2.22. The molecule has 0 radical (unpaired) electrons. The van der Waals surface area contributed by atoms with Crippen LogP contribution in [0.5, 0.6) is 0 Å². The molecule has 0 aromatic heterocycles. The second-order valence-electron chi connectivity index (χ2n) is 4.08. The first kappa shape index (κ1) is 16.5. The van der Waals surface area contributed by atoms with E-state index in [1.165, 1.54) is 0 Å². The van der Waals surface area contributed by atoms with Crippen LogP contribution in [0.2, 0.25) is 5.02 Å². The van der Waals surface area contributed by atoms with E-state index < -0.39 is 21.5 Å². The van der Waals surface area contributed by atoms with Crippen LogP contribution < -0.4 is 5.32 Å². The summed E-state index contributed by atoms with van der Waals surface area (Å²) in [5.74, 6) is 4.24. The highest BCUT2D eigenvalue weighted by atomic mass is 35.5. The maximum atomic E-state index is 11.6.